The second-order valence-electron chi connectivity index (χ2n) is 4.41. The Bertz CT molecular complexity index is 573. The summed E-state index contributed by atoms with van der Waals surface area (Å²) in [6.45, 7) is 4.15. The molecule has 0 atom stereocenters. The summed E-state index contributed by atoms with van der Waals surface area (Å²) < 4.78 is 28.4. The highest BCUT2D eigenvalue weighted by molar-refractivity contribution is 7.90. The molecule has 106 valence electrons. The van der Waals surface area contributed by atoms with Crippen molar-refractivity contribution >= 4 is 44.7 Å². The molecule has 0 amide bonds. The Morgan fingerprint density at radius 1 is 1.47 bits per heavy atom. The first-order chi connectivity index (χ1) is 8.71. The summed E-state index contributed by atoms with van der Waals surface area (Å²) in [5, 5.41) is 0.273. The third kappa shape index (κ3) is 5.32. The van der Waals surface area contributed by atoms with E-state index in [1.165, 1.54) is 12.1 Å². The Morgan fingerprint density at radius 2 is 2.11 bits per heavy atom. The predicted molar refractivity (Wildman–Crippen MR) is 82.7 cm³/mol. The van der Waals surface area contributed by atoms with Crippen molar-refractivity contribution in [1.29, 1.82) is 0 Å². The van der Waals surface area contributed by atoms with Gasteiger partial charge in [0.05, 0.1) is 10.7 Å². The second kappa shape index (κ2) is 6.51. The fraction of sp³-hybridized carbons (Fsp3) is 0.364. The Hall–Kier alpha value is -0.890. The molecule has 1 aromatic carbocycles. The SMILES string of the molecule is CC(C)CNS(=O)(=O)Nc1cc(C(N)=S)ccc1Cl. The number of hydrogen-bond donors (Lipinski definition) is 3. The molecule has 0 aliphatic heterocycles. The lowest BCUT2D eigenvalue weighted by molar-refractivity contribution is 0.565. The number of halogens is 1. The maximum atomic E-state index is 11.8. The van der Waals surface area contributed by atoms with Crippen LogP contribution in [0.2, 0.25) is 5.02 Å². The van der Waals surface area contributed by atoms with Crippen LogP contribution >= 0.6 is 23.8 Å². The number of benzene rings is 1. The van der Waals surface area contributed by atoms with Gasteiger partial charge in [-0.15, -0.1) is 0 Å². The third-order valence-electron chi connectivity index (χ3n) is 2.18. The molecule has 0 saturated carbocycles. The fourth-order valence-corrected chi connectivity index (χ4v) is 2.65. The number of anilines is 1. The van der Waals surface area contributed by atoms with Crippen LogP contribution in [0.4, 0.5) is 5.69 Å². The van der Waals surface area contributed by atoms with E-state index in [-0.39, 0.29) is 21.6 Å². The number of rotatable bonds is 6. The Balaban J connectivity index is 2.92. The van der Waals surface area contributed by atoms with Crippen molar-refractivity contribution in [2.24, 2.45) is 11.7 Å². The normalized spacial score (nSPS) is 11.6. The maximum Gasteiger partial charge on any atom is 0.299 e. The van der Waals surface area contributed by atoms with Crippen LogP contribution in [-0.2, 0) is 10.2 Å². The van der Waals surface area contributed by atoms with Crippen LogP contribution in [0, 0.1) is 5.92 Å². The fourth-order valence-electron chi connectivity index (χ4n) is 1.21. The lowest BCUT2D eigenvalue weighted by Crippen LogP contribution is -2.33. The molecular formula is C11H16ClN3O2S2. The van der Waals surface area contributed by atoms with Crippen LogP contribution in [0.1, 0.15) is 19.4 Å². The van der Waals surface area contributed by atoms with Crippen molar-refractivity contribution in [3.05, 3.63) is 28.8 Å². The molecule has 0 aromatic heterocycles. The first-order valence-electron chi connectivity index (χ1n) is 5.58. The van der Waals surface area contributed by atoms with Gasteiger partial charge in [0.15, 0.2) is 0 Å². The molecule has 5 nitrogen and oxygen atoms in total. The molecule has 1 rings (SSSR count). The molecule has 0 aliphatic carbocycles. The molecule has 0 fully saturated rings. The summed E-state index contributed by atoms with van der Waals surface area (Å²) >= 11 is 10.8. The van der Waals surface area contributed by atoms with Crippen LogP contribution < -0.4 is 15.2 Å². The Morgan fingerprint density at radius 3 is 2.63 bits per heavy atom. The number of hydrogen-bond acceptors (Lipinski definition) is 3. The van der Waals surface area contributed by atoms with Crippen molar-refractivity contribution in [1.82, 2.24) is 4.72 Å². The van der Waals surface area contributed by atoms with Gasteiger partial charge in [0.1, 0.15) is 4.99 Å². The van der Waals surface area contributed by atoms with Crippen LogP contribution in [0.3, 0.4) is 0 Å². The molecule has 0 aliphatic rings. The van der Waals surface area contributed by atoms with Gasteiger partial charge in [-0.25, -0.2) is 0 Å². The first-order valence-corrected chi connectivity index (χ1v) is 7.85. The topological polar surface area (TPSA) is 84.2 Å². The predicted octanol–water partition coefficient (Wildman–Crippen LogP) is 1.88. The van der Waals surface area contributed by atoms with Crippen LogP contribution in [0.5, 0.6) is 0 Å². The molecular weight excluding hydrogens is 306 g/mol. The average Bonchev–Trinajstić information content (AvgIpc) is 2.29. The number of thiocarbonyl (C=S) groups is 1. The van der Waals surface area contributed by atoms with E-state index in [0.29, 0.717) is 12.1 Å². The van der Waals surface area contributed by atoms with Crippen molar-refractivity contribution in [2.75, 3.05) is 11.3 Å². The molecule has 0 unspecified atom stereocenters. The largest absolute Gasteiger partial charge is 0.389 e. The van der Waals surface area contributed by atoms with Gasteiger partial charge >= 0.3 is 0 Å². The second-order valence-corrected chi connectivity index (χ2v) is 6.75. The molecule has 4 N–H and O–H groups in total. The summed E-state index contributed by atoms with van der Waals surface area (Å²) in [5.74, 6) is 0.204. The van der Waals surface area contributed by atoms with Crippen LogP contribution in [0.25, 0.3) is 0 Å². The smallest absolute Gasteiger partial charge is 0.299 e. The first kappa shape index (κ1) is 16.2. The lowest BCUT2D eigenvalue weighted by Gasteiger charge is -2.12. The Labute approximate surface area is 123 Å². The van der Waals surface area contributed by atoms with Gasteiger partial charge in [-0.05, 0) is 18.1 Å². The molecule has 19 heavy (non-hydrogen) atoms. The van der Waals surface area contributed by atoms with E-state index in [0.717, 1.165) is 0 Å². The highest BCUT2D eigenvalue weighted by Gasteiger charge is 2.13. The molecule has 0 saturated heterocycles. The van der Waals surface area contributed by atoms with E-state index in [1.54, 1.807) is 6.07 Å². The van der Waals surface area contributed by atoms with Gasteiger partial charge in [-0.1, -0.05) is 43.7 Å². The van der Waals surface area contributed by atoms with Crippen molar-refractivity contribution < 1.29 is 8.42 Å². The van der Waals surface area contributed by atoms with Gasteiger partial charge in [0, 0.05) is 12.1 Å². The highest BCUT2D eigenvalue weighted by atomic mass is 35.5. The van der Waals surface area contributed by atoms with Gasteiger partial charge in [0.25, 0.3) is 10.2 Å². The lowest BCUT2D eigenvalue weighted by atomic mass is 10.2. The summed E-state index contributed by atoms with van der Waals surface area (Å²) in [7, 11) is -3.66. The van der Waals surface area contributed by atoms with Gasteiger partial charge < -0.3 is 5.73 Å². The van der Waals surface area contributed by atoms with Gasteiger partial charge in [-0.2, -0.15) is 13.1 Å². The summed E-state index contributed by atoms with van der Waals surface area (Å²) in [6.07, 6.45) is 0. The zero-order chi connectivity index (χ0) is 14.6. The Kier molecular flexibility index (Phi) is 5.54. The maximum absolute atomic E-state index is 11.8. The van der Waals surface area contributed by atoms with E-state index >= 15 is 0 Å². The quantitative estimate of drug-likeness (QED) is 0.698. The summed E-state index contributed by atoms with van der Waals surface area (Å²) in [5.41, 5.74) is 6.27. The number of nitrogens with two attached hydrogens (primary N) is 1. The zero-order valence-electron chi connectivity index (χ0n) is 10.6. The zero-order valence-corrected chi connectivity index (χ0v) is 13.0. The van der Waals surface area contributed by atoms with E-state index < -0.39 is 10.2 Å². The monoisotopic (exact) mass is 321 g/mol. The van der Waals surface area contributed by atoms with E-state index in [1.807, 2.05) is 13.8 Å². The molecule has 0 bridgehead atoms. The molecule has 1 aromatic rings. The van der Waals surface area contributed by atoms with Crippen molar-refractivity contribution in [2.45, 2.75) is 13.8 Å². The average molecular weight is 322 g/mol. The molecule has 0 heterocycles. The number of nitrogens with one attached hydrogen (secondary N) is 2. The minimum atomic E-state index is -3.66. The molecule has 0 spiro atoms. The van der Waals surface area contributed by atoms with Crippen LogP contribution in [-0.4, -0.2) is 20.0 Å². The minimum absolute atomic E-state index is 0.173. The standard InChI is InChI=1S/C11H16ClN3O2S2/c1-7(2)6-14-19(16,17)15-10-5-8(11(13)18)3-4-9(10)12/h3-5,7,14-15H,6H2,1-2H3,(H2,13,18). The highest BCUT2D eigenvalue weighted by Crippen LogP contribution is 2.23. The molecule has 0 radical (unpaired) electrons. The molecule has 8 heteroatoms. The third-order valence-corrected chi connectivity index (χ3v) is 3.78. The van der Waals surface area contributed by atoms with E-state index in [9.17, 15) is 8.42 Å². The van der Waals surface area contributed by atoms with Gasteiger partial charge in [-0.3, -0.25) is 4.72 Å². The van der Waals surface area contributed by atoms with E-state index in [2.05, 4.69) is 9.44 Å². The summed E-state index contributed by atoms with van der Waals surface area (Å²) in [4.78, 5) is 0.173. The van der Waals surface area contributed by atoms with Crippen LogP contribution in [0.15, 0.2) is 18.2 Å². The van der Waals surface area contributed by atoms with Crippen molar-refractivity contribution in [3.8, 4) is 0 Å². The van der Waals surface area contributed by atoms with E-state index in [4.69, 9.17) is 29.6 Å². The van der Waals surface area contributed by atoms with Gasteiger partial charge in [0.2, 0.25) is 0 Å². The minimum Gasteiger partial charge on any atom is -0.389 e. The van der Waals surface area contributed by atoms with Crippen molar-refractivity contribution in [3.63, 3.8) is 0 Å². The summed E-state index contributed by atoms with van der Waals surface area (Å²) in [6, 6.07) is 4.67.